The quantitative estimate of drug-likeness (QED) is 0.497. The normalized spacial score (nSPS) is 9.18. The third kappa shape index (κ3) is 1.26. The van der Waals surface area contributed by atoms with Crippen LogP contribution in [-0.2, 0) is 4.74 Å². The van der Waals surface area contributed by atoms with Gasteiger partial charge in [-0.15, -0.1) is 0 Å². The lowest BCUT2D eigenvalue weighted by Crippen LogP contribution is -1.99. The van der Waals surface area contributed by atoms with Gasteiger partial charge in [-0.3, -0.25) is 5.10 Å². The summed E-state index contributed by atoms with van der Waals surface area (Å²) in [7, 11) is 1.29. The zero-order valence-electron chi connectivity index (χ0n) is 6.00. The molecule has 0 radical (unpaired) electrons. The summed E-state index contributed by atoms with van der Waals surface area (Å²) in [5, 5.41) is 6.09. The largest absolute Gasteiger partial charge is 0.465 e. The minimum Gasteiger partial charge on any atom is -0.465 e. The molecule has 5 heteroatoms. The molecule has 0 fully saturated rings. The van der Waals surface area contributed by atoms with E-state index in [-0.39, 0.29) is 0 Å². The first kappa shape index (κ1) is 7.46. The molecule has 1 aromatic heterocycles. The summed E-state index contributed by atoms with van der Waals surface area (Å²) in [5.74, 6) is -0.141. The molecule has 1 heterocycles. The molecule has 0 spiro atoms. The van der Waals surface area contributed by atoms with Crippen LogP contribution in [0.5, 0.6) is 0 Å². The summed E-state index contributed by atoms with van der Waals surface area (Å²) < 4.78 is 4.45. The van der Waals surface area contributed by atoms with E-state index >= 15 is 0 Å². The Balaban J connectivity index is 3.01. The van der Waals surface area contributed by atoms with Crippen molar-refractivity contribution in [3.05, 3.63) is 11.8 Å². The lowest BCUT2D eigenvalue weighted by Gasteiger charge is -1.93. The number of carbonyl (C=O) groups excluding carboxylic acids is 1. The summed E-state index contributed by atoms with van der Waals surface area (Å²) in [6, 6.07) is 0. The van der Waals surface area contributed by atoms with E-state index in [1.807, 2.05) is 0 Å². The molecule has 0 aliphatic heterocycles. The topological polar surface area (TPSA) is 67.3 Å². The van der Waals surface area contributed by atoms with Crippen LogP contribution in [0.4, 0.5) is 5.82 Å². The second kappa shape index (κ2) is 2.96. The van der Waals surface area contributed by atoms with E-state index in [1.54, 1.807) is 0 Å². The van der Waals surface area contributed by atoms with Crippen LogP contribution in [0.2, 0.25) is 0 Å². The highest BCUT2D eigenvalue weighted by Crippen LogP contribution is 2.13. The van der Waals surface area contributed by atoms with Gasteiger partial charge in [0.15, 0.2) is 5.82 Å². The number of aromatic nitrogens is 2. The number of hydrogen-bond donors (Lipinski definition) is 1. The van der Waals surface area contributed by atoms with Crippen molar-refractivity contribution in [2.45, 2.75) is 0 Å². The predicted octanol–water partition coefficient (Wildman–Crippen LogP) is 0.528. The molecule has 0 aliphatic carbocycles. The fourth-order valence-electron chi connectivity index (χ4n) is 0.659. The van der Waals surface area contributed by atoms with Gasteiger partial charge in [0, 0.05) is 0 Å². The first-order chi connectivity index (χ1) is 5.29. The van der Waals surface area contributed by atoms with Gasteiger partial charge in [0.25, 0.3) is 0 Å². The Morgan fingerprint density at radius 2 is 2.64 bits per heavy atom. The summed E-state index contributed by atoms with van der Waals surface area (Å²) in [6.45, 7) is 3.25. The maximum atomic E-state index is 10.9. The second-order valence-corrected chi connectivity index (χ2v) is 1.78. The highest BCUT2D eigenvalue weighted by Gasteiger charge is 2.11. The van der Waals surface area contributed by atoms with E-state index in [0.717, 1.165) is 0 Å². The van der Waals surface area contributed by atoms with Gasteiger partial charge >= 0.3 is 5.97 Å². The number of ether oxygens (including phenoxy) is 1. The standard InChI is InChI=1S/C6H7N3O2/c1-7-5-4(3-8-9-5)6(10)11-2/h3H,1H2,2H3,(H,8,9). The summed E-state index contributed by atoms with van der Waals surface area (Å²) >= 11 is 0. The fourth-order valence-corrected chi connectivity index (χ4v) is 0.659. The minimum atomic E-state index is -0.471. The van der Waals surface area contributed by atoms with Crippen LogP contribution in [-0.4, -0.2) is 30.0 Å². The molecular weight excluding hydrogens is 146 g/mol. The van der Waals surface area contributed by atoms with Gasteiger partial charge in [-0.05, 0) is 6.72 Å². The van der Waals surface area contributed by atoms with Gasteiger partial charge in [-0.1, -0.05) is 0 Å². The Hall–Kier alpha value is -1.65. The Kier molecular flexibility index (Phi) is 2.00. The number of aromatic amines is 1. The first-order valence-electron chi connectivity index (χ1n) is 2.88. The molecule has 0 saturated heterocycles. The summed E-state index contributed by atoms with van der Waals surface area (Å²) in [4.78, 5) is 14.4. The number of carbonyl (C=O) groups is 1. The minimum absolute atomic E-state index is 0.294. The van der Waals surface area contributed by atoms with Crippen molar-refractivity contribution in [3.8, 4) is 0 Å². The van der Waals surface area contributed by atoms with Crippen molar-refractivity contribution in [1.82, 2.24) is 10.2 Å². The molecule has 11 heavy (non-hydrogen) atoms. The molecule has 0 saturated carbocycles. The van der Waals surface area contributed by atoms with Crippen molar-refractivity contribution in [2.75, 3.05) is 7.11 Å². The molecule has 58 valence electrons. The number of nitrogens with zero attached hydrogens (tertiary/aromatic N) is 2. The molecule has 0 aliphatic rings. The average molecular weight is 153 g/mol. The lowest BCUT2D eigenvalue weighted by molar-refractivity contribution is 0.0602. The molecule has 1 rings (SSSR count). The van der Waals surface area contributed by atoms with E-state index < -0.39 is 5.97 Å². The van der Waals surface area contributed by atoms with Crippen molar-refractivity contribution < 1.29 is 9.53 Å². The average Bonchev–Trinajstić information content (AvgIpc) is 2.50. The molecule has 0 unspecified atom stereocenters. The SMILES string of the molecule is C=Nc1[nH]ncc1C(=O)OC. The number of nitrogens with one attached hydrogen (secondary N) is 1. The molecule has 0 bridgehead atoms. The highest BCUT2D eigenvalue weighted by molar-refractivity contribution is 5.93. The monoisotopic (exact) mass is 153 g/mol. The number of methoxy groups -OCH3 is 1. The highest BCUT2D eigenvalue weighted by atomic mass is 16.5. The fraction of sp³-hybridized carbons (Fsp3) is 0.167. The van der Waals surface area contributed by atoms with Crippen LogP contribution >= 0.6 is 0 Å². The third-order valence-corrected chi connectivity index (χ3v) is 1.18. The predicted molar refractivity (Wildman–Crippen MR) is 39.1 cm³/mol. The maximum Gasteiger partial charge on any atom is 0.343 e. The summed E-state index contributed by atoms with van der Waals surface area (Å²) in [6.07, 6.45) is 1.34. The lowest BCUT2D eigenvalue weighted by atomic mass is 10.3. The Labute approximate surface area is 63.1 Å². The molecule has 0 amide bonds. The van der Waals surface area contributed by atoms with Crippen molar-refractivity contribution >= 4 is 18.5 Å². The second-order valence-electron chi connectivity index (χ2n) is 1.78. The Morgan fingerprint density at radius 1 is 1.91 bits per heavy atom. The van der Waals surface area contributed by atoms with E-state index in [9.17, 15) is 4.79 Å². The zero-order valence-corrected chi connectivity index (χ0v) is 6.00. The van der Waals surface area contributed by atoms with Crippen LogP contribution in [0, 0.1) is 0 Å². The van der Waals surface area contributed by atoms with Crippen molar-refractivity contribution in [1.29, 1.82) is 0 Å². The molecule has 1 aromatic rings. The van der Waals surface area contributed by atoms with E-state index in [4.69, 9.17) is 0 Å². The Bertz CT molecular complexity index is 279. The Morgan fingerprint density at radius 3 is 3.18 bits per heavy atom. The van der Waals surface area contributed by atoms with Crippen LogP contribution in [0.15, 0.2) is 11.2 Å². The summed E-state index contributed by atoms with van der Waals surface area (Å²) in [5.41, 5.74) is 0.294. The molecule has 0 aromatic carbocycles. The number of esters is 1. The number of hydrogen-bond acceptors (Lipinski definition) is 4. The van der Waals surface area contributed by atoms with E-state index in [0.29, 0.717) is 11.4 Å². The van der Waals surface area contributed by atoms with Crippen LogP contribution in [0.1, 0.15) is 10.4 Å². The molecule has 5 nitrogen and oxygen atoms in total. The number of H-pyrrole nitrogens is 1. The third-order valence-electron chi connectivity index (χ3n) is 1.18. The number of aliphatic imine (C=N–C) groups is 1. The molecular formula is C6H7N3O2. The molecule has 1 N–H and O–H groups in total. The van der Waals surface area contributed by atoms with Crippen LogP contribution in [0.25, 0.3) is 0 Å². The van der Waals surface area contributed by atoms with Gasteiger partial charge in [0.05, 0.1) is 13.3 Å². The van der Waals surface area contributed by atoms with E-state index in [2.05, 4.69) is 26.6 Å². The van der Waals surface area contributed by atoms with Gasteiger partial charge in [-0.25, -0.2) is 9.79 Å². The van der Waals surface area contributed by atoms with Crippen molar-refractivity contribution in [2.24, 2.45) is 4.99 Å². The van der Waals surface area contributed by atoms with Gasteiger partial charge < -0.3 is 4.74 Å². The van der Waals surface area contributed by atoms with Gasteiger partial charge in [0.2, 0.25) is 0 Å². The maximum absolute atomic E-state index is 10.9. The van der Waals surface area contributed by atoms with Crippen molar-refractivity contribution in [3.63, 3.8) is 0 Å². The molecule has 0 atom stereocenters. The van der Waals surface area contributed by atoms with Gasteiger partial charge in [-0.2, -0.15) is 5.10 Å². The van der Waals surface area contributed by atoms with Gasteiger partial charge in [0.1, 0.15) is 5.56 Å². The number of rotatable bonds is 2. The van der Waals surface area contributed by atoms with Crippen LogP contribution in [0.3, 0.4) is 0 Å². The van der Waals surface area contributed by atoms with Crippen LogP contribution < -0.4 is 0 Å². The zero-order chi connectivity index (χ0) is 8.27. The smallest absolute Gasteiger partial charge is 0.343 e. The first-order valence-corrected chi connectivity index (χ1v) is 2.88. The van der Waals surface area contributed by atoms with E-state index in [1.165, 1.54) is 13.3 Å².